The largest absolute Gasteiger partial charge is 0.387 e. The number of rotatable bonds is 16. The molecule has 0 aromatic carbocycles. The van der Waals surface area contributed by atoms with Crippen LogP contribution in [0, 0.1) is 0 Å². The molecule has 6 saturated carbocycles. The molecule has 6 fully saturated rings. The van der Waals surface area contributed by atoms with Gasteiger partial charge in [-0.2, -0.15) is 30.2 Å². The normalized spacial score (nSPS) is 20.9. The van der Waals surface area contributed by atoms with Gasteiger partial charge in [0.25, 0.3) is 17.8 Å². The number of halogens is 6. The number of hydrogen-bond acceptors (Lipinski definition) is 15. The van der Waals surface area contributed by atoms with Crippen molar-refractivity contribution in [3.05, 3.63) is 89.2 Å². The van der Waals surface area contributed by atoms with Crippen LogP contribution < -0.4 is 15.5 Å². The number of aliphatic hydroxyl groups excluding tert-OH is 1. The van der Waals surface area contributed by atoms with E-state index in [9.17, 15) is 36.2 Å². The van der Waals surface area contributed by atoms with Crippen LogP contribution in [0.4, 0.5) is 43.8 Å². The highest BCUT2D eigenvalue weighted by molar-refractivity contribution is 5.92. The number of methoxy groups -OCH3 is 1. The lowest BCUT2D eigenvalue weighted by Gasteiger charge is -2.35. The smallest absolute Gasteiger partial charge is 0.253 e. The van der Waals surface area contributed by atoms with Crippen LogP contribution in [-0.4, -0.2) is 120 Å². The van der Waals surface area contributed by atoms with Crippen LogP contribution in [0.15, 0.2) is 55.0 Å². The summed E-state index contributed by atoms with van der Waals surface area (Å²) >= 11 is 0. The number of carbonyl (C=O) groups is 1. The minimum atomic E-state index is -2.58. The molecule has 0 saturated heterocycles. The molecule has 6 aromatic rings. The molecular formula is C56H71F6N15O3. The fourth-order valence-electron chi connectivity index (χ4n) is 10.2. The Balaban J connectivity index is 0.000000135. The van der Waals surface area contributed by atoms with Crippen molar-refractivity contribution in [3.8, 4) is 17.8 Å². The third kappa shape index (κ3) is 14.7. The molecule has 0 aliphatic heterocycles. The number of ketones is 1. The van der Waals surface area contributed by atoms with Crippen LogP contribution in [0.3, 0.4) is 0 Å². The second kappa shape index (κ2) is 23.5. The van der Waals surface area contributed by atoms with Crippen molar-refractivity contribution in [1.29, 1.82) is 0 Å². The Morgan fingerprint density at radius 3 is 1.40 bits per heavy atom. The van der Waals surface area contributed by atoms with Crippen LogP contribution in [0.2, 0.25) is 0 Å². The molecule has 3 N–H and O–H groups in total. The number of nitrogens with one attached hydrogen (secondary N) is 2. The summed E-state index contributed by atoms with van der Waals surface area (Å²) in [5, 5.41) is 30.0. The lowest BCUT2D eigenvalue weighted by molar-refractivity contribution is -0.0380. The van der Waals surface area contributed by atoms with Crippen molar-refractivity contribution in [2.24, 2.45) is 0 Å². The van der Waals surface area contributed by atoms with Crippen LogP contribution >= 0.6 is 0 Å². The third-order valence-corrected chi connectivity index (χ3v) is 15.9. The van der Waals surface area contributed by atoms with E-state index in [2.05, 4.69) is 50.8 Å². The summed E-state index contributed by atoms with van der Waals surface area (Å²) in [6.07, 6.45) is 13.3. The first kappa shape index (κ1) is 56.7. The molecule has 6 heterocycles. The lowest BCUT2D eigenvalue weighted by Crippen LogP contribution is -2.39. The van der Waals surface area contributed by atoms with E-state index in [-0.39, 0.29) is 74.2 Å². The van der Waals surface area contributed by atoms with Crippen LogP contribution in [0.5, 0.6) is 0 Å². The Hall–Kier alpha value is -6.56. The first-order chi connectivity index (χ1) is 38.1. The van der Waals surface area contributed by atoms with E-state index in [0.29, 0.717) is 97.3 Å². The van der Waals surface area contributed by atoms with E-state index in [0.717, 1.165) is 48.5 Å². The van der Waals surface area contributed by atoms with Crippen molar-refractivity contribution >= 4 is 23.2 Å². The predicted octanol–water partition coefficient (Wildman–Crippen LogP) is 11.6. The van der Waals surface area contributed by atoms with Crippen molar-refractivity contribution < 1.29 is 41.0 Å². The maximum atomic E-state index is 13.5. The molecule has 6 aliphatic carbocycles. The highest BCUT2D eigenvalue weighted by atomic mass is 19.3. The van der Waals surface area contributed by atoms with Gasteiger partial charge in [-0.3, -0.25) is 4.79 Å². The first-order valence-corrected chi connectivity index (χ1v) is 28.1. The number of aromatic nitrogens is 12. The predicted molar refractivity (Wildman–Crippen MR) is 287 cm³/mol. The Morgan fingerprint density at radius 1 is 0.588 bits per heavy atom. The third-order valence-electron chi connectivity index (χ3n) is 15.9. The summed E-state index contributed by atoms with van der Waals surface area (Å²) in [4.78, 5) is 40.8. The Labute approximate surface area is 461 Å². The molecule has 12 rings (SSSR count). The van der Waals surface area contributed by atoms with Gasteiger partial charge in [-0.1, -0.05) is 0 Å². The second-order valence-corrected chi connectivity index (χ2v) is 22.6. The van der Waals surface area contributed by atoms with E-state index in [4.69, 9.17) is 9.72 Å². The van der Waals surface area contributed by atoms with Gasteiger partial charge in [0.05, 0.1) is 40.7 Å². The molecule has 2 atom stereocenters. The Kier molecular flexibility index (Phi) is 16.7. The van der Waals surface area contributed by atoms with Crippen LogP contribution in [-0.2, 0) is 4.74 Å². The summed E-state index contributed by atoms with van der Waals surface area (Å²) in [5.41, 5.74) is 4.60. The number of Topliss-reactive ketones (excluding diaryl/α,β-unsaturated/α-hetero) is 1. The highest BCUT2D eigenvalue weighted by Crippen LogP contribution is 2.42. The van der Waals surface area contributed by atoms with Gasteiger partial charge < -0.3 is 25.4 Å². The van der Waals surface area contributed by atoms with E-state index < -0.39 is 23.9 Å². The number of alkyl halides is 6. The number of anilines is 3. The van der Waals surface area contributed by atoms with Crippen LogP contribution in [0.25, 0.3) is 17.8 Å². The molecule has 18 nitrogen and oxygen atoms in total. The zero-order chi connectivity index (χ0) is 56.5. The number of hydrogen-bond donors (Lipinski definition) is 3. The van der Waals surface area contributed by atoms with Gasteiger partial charge in [-0.25, -0.2) is 55.3 Å². The minimum Gasteiger partial charge on any atom is -0.387 e. The van der Waals surface area contributed by atoms with Gasteiger partial charge in [0, 0.05) is 132 Å². The van der Waals surface area contributed by atoms with E-state index in [1.165, 1.54) is 19.8 Å². The average molecular weight is 1120 g/mol. The zero-order valence-electron chi connectivity index (χ0n) is 45.9. The number of ether oxygens (including phenoxy) is 1. The van der Waals surface area contributed by atoms with Crippen LogP contribution in [0.1, 0.15) is 205 Å². The molecule has 0 amide bonds. The summed E-state index contributed by atoms with van der Waals surface area (Å²) in [6, 6.07) is 10.9. The average Bonchev–Trinajstić information content (AvgIpc) is 4.47. The van der Waals surface area contributed by atoms with E-state index in [1.54, 1.807) is 46.4 Å². The van der Waals surface area contributed by atoms with Gasteiger partial charge >= 0.3 is 0 Å². The SMILES string of the molecule is CC(=O)c1cc(NC2CCC(F)(F)CC2)nc(-n2ccc(C3CC3)n2)n1.CC(O)c1cc(NC2CCC(F)(F)CC2)nc(-n2ccc(C3CC3)n2)n1.COC(C)c1cc(N(C)C2CCC(F)(F)CC2)nc(-n2ccc(C3CC3)n2)n1. The Morgan fingerprint density at radius 2 is 0.988 bits per heavy atom. The molecule has 0 bridgehead atoms. The zero-order valence-corrected chi connectivity index (χ0v) is 45.9. The van der Waals surface area contributed by atoms with Crippen molar-refractivity contribution in [2.45, 2.75) is 202 Å². The molecule has 0 spiro atoms. The van der Waals surface area contributed by atoms with Gasteiger partial charge in [0.1, 0.15) is 23.1 Å². The monoisotopic (exact) mass is 1120 g/mol. The summed E-state index contributed by atoms with van der Waals surface area (Å²) in [5.74, 6) is -3.39. The molecule has 6 aliphatic rings. The molecule has 24 heteroatoms. The fourth-order valence-corrected chi connectivity index (χ4v) is 10.2. The first-order valence-electron chi connectivity index (χ1n) is 28.1. The molecule has 6 aromatic heterocycles. The number of nitrogens with zero attached hydrogens (tertiary/aromatic N) is 13. The fraction of sp³-hybridized carbons (Fsp3) is 0.607. The summed E-state index contributed by atoms with van der Waals surface area (Å²) in [7, 11) is 3.55. The molecule has 430 valence electrons. The Bertz CT molecular complexity index is 3070. The van der Waals surface area contributed by atoms with E-state index in [1.807, 2.05) is 55.5 Å². The number of carbonyl (C=O) groups excluding carboxylic acids is 1. The van der Waals surface area contributed by atoms with Crippen molar-refractivity contribution in [2.75, 3.05) is 29.7 Å². The van der Waals surface area contributed by atoms with Crippen molar-refractivity contribution in [3.63, 3.8) is 0 Å². The summed E-state index contributed by atoms with van der Waals surface area (Å²) < 4.78 is 90.8. The maximum Gasteiger partial charge on any atom is 0.253 e. The van der Waals surface area contributed by atoms with Gasteiger partial charge in [-0.15, -0.1) is 0 Å². The van der Waals surface area contributed by atoms with Gasteiger partial charge in [-0.05, 0) is 109 Å². The minimum absolute atomic E-state index is 0.0349. The maximum absolute atomic E-state index is 13.5. The molecule has 80 heavy (non-hydrogen) atoms. The quantitative estimate of drug-likeness (QED) is 0.0609. The van der Waals surface area contributed by atoms with E-state index >= 15 is 0 Å². The highest BCUT2D eigenvalue weighted by Gasteiger charge is 2.39. The molecular weight excluding hydrogens is 1040 g/mol. The summed E-state index contributed by atoms with van der Waals surface area (Å²) in [6.45, 7) is 5.00. The molecule has 2 unspecified atom stereocenters. The van der Waals surface area contributed by atoms with Gasteiger partial charge in [0.2, 0.25) is 17.8 Å². The molecule has 0 radical (unpaired) electrons. The van der Waals surface area contributed by atoms with Gasteiger partial charge in [0.15, 0.2) is 5.78 Å². The van der Waals surface area contributed by atoms with Crippen molar-refractivity contribution in [1.82, 2.24) is 59.2 Å². The topological polar surface area (TPSA) is 205 Å². The second-order valence-electron chi connectivity index (χ2n) is 22.6. The number of aliphatic hydroxyl groups is 1. The standard InChI is InChI=1S/C20H27F2N5O.C18H23F2N5O.C18H21F2N5O/c1-13(28-3)17-12-18(26(2)15-6-9-20(21,22)10-7-15)24-19(23-17)27-11-8-16(25-27)14-4-5-14;2*1-11(26)15-10-16(21-13-4-7-18(19,20)8-5-13)23-17(22-15)25-9-6-14(24-25)12-2-3-12/h8,11-15H,4-7,9-10H2,1-3H3;6,9-13,26H,2-5,7-8H2,1H3,(H,21,22,23);6,9-10,12-13H,2-5,7-8H2,1H3,(H,21,22,23). The lowest BCUT2D eigenvalue weighted by atomic mass is 9.91.